The molecule has 1 heterocycles. The number of halogens is 4. The summed E-state index contributed by atoms with van der Waals surface area (Å²) < 4.78 is 48.9. The van der Waals surface area contributed by atoms with E-state index in [4.69, 9.17) is 15.2 Å². The monoisotopic (exact) mass is 530 g/mol. The third-order valence-electron chi connectivity index (χ3n) is 4.20. The van der Waals surface area contributed by atoms with E-state index < -0.39 is 11.7 Å². The molecule has 11 heteroatoms. The Labute approximate surface area is 184 Å². The Morgan fingerprint density at radius 3 is 2.59 bits per heavy atom. The van der Waals surface area contributed by atoms with E-state index >= 15 is 0 Å². The molecule has 0 atom stereocenters. The highest BCUT2D eigenvalue weighted by atomic mass is 127. The molecule has 3 N–H and O–H groups in total. The van der Waals surface area contributed by atoms with Crippen molar-refractivity contribution in [2.45, 2.75) is 32.0 Å². The third-order valence-corrected chi connectivity index (χ3v) is 4.20. The van der Waals surface area contributed by atoms with Crippen molar-refractivity contribution in [2.75, 3.05) is 32.8 Å². The van der Waals surface area contributed by atoms with Gasteiger partial charge in [-0.25, -0.2) is 9.79 Å². The lowest BCUT2D eigenvalue weighted by Crippen LogP contribution is -2.48. The normalized spacial score (nSPS) is 15.4. The minimum Gasteiger partial charge on any atom is -0.491 e. The fraction of sp³-hybridized carbons (Fsp3) is 0.556. The molecule has 1 fully saturated rings. The standard InChI is InChI=1S/C18H25F3N4O3.HI/c1-2-27-17(26)25-10-7-13(8-11-25)24-16(22)23-9-12-28-15-6-4-3-5-14(15)18(19,20)21;/h3-6,13H,2,7-12H2,1H3,(H3,22,23,24);1H. The highest BCUT2D eigenvalue weighted by molar-refractivity contribution is 14.0. The zero-order valence-electron chi connectivity index (χ0n) is 16.1. The first-order valence-electron chi connectivity index (χ1n) is 9.08. The van der Waals surface area contributed by atoms with Crippen LogP contribution in [0.4, 0.5) is 18.0 Å². The summed E-state index contributed by atoms with van der Waals surface area (Å²) in [7, 11) is 0. The van der Waals surface area contributed by atoms with Crippen molar-refractivity contribution < 1.29 is 27.4 Å². The largest absolute Gasteiger partial charge is 0.491 e. The van der Waals surface area contributed by atoms with Crippen molar-refractivity contribution in [1.82, 2.24) is 10.2 Å². The maximum Gasteiger partial charge on any atom is 0.419 e. The molecule has 164 valence electrons. The van der Waals surface area contributed by atoms with Gasteiger partial charge in [-0.2, -0.15) is 13.2 Å². The maximum absolute atomic E-state index is 12.9. The Bertz CT molecular complexity index is 681. The van der Waals surface area contributed by atoms with E-state index in [1.807, 2.05) is 0 Å². The number of rotatable bonds is 6. The topological polar surface area (TPSA) is 89.2 Å². The molecule has 29 heavy (non-hydrogen) atoms. The molecule has 1 aromatic carbocycles. The van der Waals surface area contributed by atoms with E-state index in [0.29, 0.717) is 32.5 Å². The summed E-state index contributed by atoms with van der Waals surface area (Å²) in [5.41, 5.74) is 5.00. The predicted octanol–water partition coefficient (Wildman–Crippen LogP) is 3.23. The molecule has 1 saturated heterocycles. The van der Waals surface area contributed by atoms with Crippen LogP contribution in [0.15, 0.2) is 29.3 Å². The predicted molar refractivity (Wildman–Crippen MR) is 114 cm³/mol. The van der Waals surface area contributed by atoms with Gasteiger partial charge in [0.15, 0.2) is 5.96 Å². The van der Waals surface area contributed by atoms with Crippen molar-refractivity contribution in [2.24, 2.45) is 10.7 Å². The zero-order chi connectivity index (χ0) is 20.6. The van der Waals surface area contributed by atoms with E-state index in [1.165, 1.54) is 18.2 Å². The lowest BCUT2D eigenvalue weighted by Gasteiger charge is -2.31. The van der Waals surface area contributed by atoms with Crippen LogP contribution in [0.1, 0.15) is 25.3 Å². The zero-order valence-corrected chi connectivity index (χ0v) is 18.4. The number of hydrogen-bond donors (Lipinski definition) is 2. The molecular weight excluding hydrogens is 504 g/mol. The van der Waals surface area contributed by atoms with E-state index in [2.05, 4.69) is 10.3 Å². The second-order valence-corrected chi connectivity index (χ2v) is 6.21. The number of amides is 1. The number of nitrogens with one attached hydrogen (secondary N) is 1. The van der Waals surface area contributed by atoms with E-state index in [1.54, 1.807) is 11.8 Å². The average molecular weight is 530 g/mol. The number of guanidine groups is 1. The van der Waals surface area contributed by atoms with Crippen LogP contribution in [-0.2, 0) is 10.9 Å². The molecular formula is C18H26F3IN4O3. The maximum atomic E-state index is 12.9. The number of piperidine rings is 1. The SMILES string of the molecule is CCOC(=O)N1CCC(NC(N)=NCCOc2ccccc2C(F)(F)F)CC1.I. The number of para-hydroxylation sites is 1. The quantitative estimate of drug-likeness (QED) is 0.255. The second-order valence-electron chi connectivity index (χ2n) is 6.21. The molecule has 0 bridgehead atoms. The number of nitrogens with zero attached hydrogens (tertiary/aromatic N) is 2. The van der Waals surface area contributed by atoms with Gasteiger partial charge in [0, 0.05) is 19.1 Å². The Morgan fingerprint density at radius 1 is 1.31 bits per heavy atom. The third kappa shape index (κ3) is 8.15. The van der Waals surface area contributed by atoms with Crippen molar-refractivity contribution >= 4 is 36.0 Å². The first-order chi connectivity index (χ1) is 13.3. The number of nitrogens with two attached hydrogens (primary N) is 1. The van der Waals surface area contributed by atoms with Gasteiger partial charge in [-0.3, -0.25) is 0 Å². The van der Waals surface area contributed by atoms with Crippen LogP contribution in [0, 0.1) is 0 Å². The fourth-order valence-electron chi connectivity index (χ4n) is 2.82. The first kappa shape index (κ1) is 25.1. The Hall–Kier alpha value is -1.92. The highest BCUT2D eigenvalue weighted by Crippen LogP contribution is 2.35. The minimum absolute atomic E-state index is 0. The number of hydrogen-bond acceptors (Lipinski definition) is 4. The van der Waals surface area contributed by atoms with Crippen molar-refractivity contribution in [3.05, 3.63) is 29.8 Å². The molecule has 7 nitrogen and oxygen atoms in total. The molecule has 0 aliphatic carbocycles. The highest BCUT2D eigenvalue weighted by Gasteiger charge is 2.33. The number of benzene rings is 1. The summed E-state index contributed by atoms with van der Waals surface area (Å²) >= 11 is 0. The van der Waals surface area contributed by atoms with Crippen molar-refractivity contribution in [3.8, 4) is 5.75 Å². The average Bonchev–Trinajstić information content (AvgIpc) is 2.65. The Kier molecular flexibility index (Phi) is 10.3. The van der Waals surface area contributed by atoms with Gasteiger partial charge in [0.2, 0.25) is 0 Å². The molecule has 0 aromatic heterocycles. The lowest BCUT2D eigenvalue weighted by atomic mass is 10.1. The van der Waals surface area contributed by atoms with E-state index in [9.17, 15) is 18.0 Å². The second kappa shape index (κ2) is 11.9. The van der Waals surface area contributed by atoms with Crippen molar-refractivity contribution in [3.63, 3.8) is 0 Å². The van der Waals surface area contributed by atoms with E-state index in [-0.39, 0.29) is 61.0 Å². The summed E-state index contributed by atoms with van der Waals surface area (Å²) in [6.07, 6.45) is -3.40. The molecule has 1 aliphatic rings. The van der Waals surface area contributed by atoms with Gasteiger partial charge in [-0.15, -0.1) is 24.0 Å². The van der Waals surface area contributed by atoms with Gasteiger partial charge in [-0.1, -0.05) is 12.1 Å². The van der Waals surface area contributed by atoms with Gasteiger partial charge in [-0.05, 0) is 31.9 Å². The molecule has 0 spiro atoms. The summed E-state index contributed by atoms with van der Waals surface area (Å²) in [5.74, 6) is -0.0367. The number of carbonyl (C=O) groups excluding carboxylic acids is 1. The number of carbonyl (C=O) groups is 1. The summed E-state index contributed by atoms with van der Waals surface area (Å²) in [6, 6.07) is 5.10. The van der Waals surface area contributed by atoms with Crippen LogP contribution in [0.25, 0.3) is 0 Å². The number of ether oxygens (including phenoxy) is 2. The summed E-state index contributed by atoms with van der Waals surface area (Å²) in [4.78, 5) is 17.4. The van der Waals surface area contributed by atoms with Crippen LogP contribution >= 0.6 is 24.0 Å². The number of likely N-dealkylation sites (tertiary alicyclic amines) is 1. The van der Waals surface area contributed by atoms with Crippen LogP contribution in [-0.4, -0.2) is 55.8 Å². The molecule has 0 unspecified atom stereocenters. The molecule has 1 amide bonds. The Balaban J connectivity index is 0.00000420. The fourth-order valence-corrected chi connectivity index (χ4v) is 2.82. The van der Waals surface area contributed by atoms with Crippen LogP contribution in [0.5, 0.6) is 5.75 Å². The molecule has 0 saturated carbocycles. The number of alkyl halides is 3. The molecule has 0 radical (unpaired) electrons. The van der Waals surface area contributed by atoms with Gasteiger partial charge < -0.3 is 25.4 Å². The smallest absolute Gasteiger partial charge is 0.419 e. The summed E-state index contributed by atoms with van der Waals surface area (Å²) in [5, 5.41) is 3.06. The van der Waals surface area contributed by atoms with Crippen LogP contribution in [0.3, 0.4) is 0 Å². The molecule has 2 rings (SSSR count). The first-order valence-corrected chi connectivity index (χ1v) is 9.08. The van der Waals surface area contributed by atoms with Gasteiger partial charge >= 0.3 is 12.3 Å². The lowest BCUT2D eigenvalue weighted by molar-refractivity contribution is -0.138. The van der Waals surface area contributed by atoms with Crippen molar-refractivity contribution in [1.29, 1.82) is 0 Å². The van der Waals surface area contributed by atoms with Crippen LogP contribution < -0.4 is 15.8 Å². The summed E-state index contributed by atoms with van der Waals surface area (Å²) in [6.45, 7) is 3.30. The number of aliphatic imine (C=N–C) groups is 1. The van der Waals surface area contributed by atoms with Crippen LogP contribution in [0.2, 0.25) is 0 Å². The van der Waals surface area contributed by atoms with Gasteiger partial charge in [0.25, 0.3) is 0 Å². The van der Waals surface area contributed by atoms with Gasteiger partial charge in [0.1, 0.15) is 12.4 Å². The molecule has 1 aromatic rings. The Morgan fingerprint density at radius 2 is 1.97 bits per heavy atom. The molecule has 1 aliphatic heterocycles. The minimum atomic E-state index is -4.47. The van der Waals surface area contributed by atoms with E-state index in [0.717, 1.165) is 6.07 Å². The van der Waals surface area contributed by atoms with Gasteiger partial charge in [0.05, 0.1) is 18.7 Å².